The van der Waals surface area contributed by atoms with Gasteiger partial charge in [-0.3, -0.25) is 0 Å². The highest BCUT2D eigenvalue weighted by Crippen LogP contribution is 2.32. The van der Waals surface area contributed by atoms with Crippen molar-refractivity contribution in [3.05, 3.63) is 63.7 Å². The molecule has 0 aliphatic heterocycles. The van der Waals surface area contributed by atoms with Gasteiger partial charge in [-0.15, -0.1) is 0 Å². The fourth-order valence-corrected chi connectivity index (χ4v) is 2.55. The van der Waals surface area contributed by atoms with Crippen molar-refractivity contribution in [3.63, 3.8) is 0 Å². The number of halogens is 4. The quantitative estimate of drug-likeness (QED) is 0.476. The maximum Gasteiger partial charge on any atom is 0.416 e. The second-order valence-corrected chi connectivity index (χ2v) is 6.33. The fraction of sp³-hybridized carbons (Fsp3) is 0.316. The number of aliphatic imine (C=N–C) groups is 1. The molecule has 0 radical (unpaired) electrons. The van der Waals surface area contributed by atoms with Gasteiger partial charge in [-0.25, -0.2) is 4.99 Å². The molecule has 134 valence electrons. The van der Waals surface area contributed by atoms with E-state index in [0.717, 1.165) is 23.7 Å². The van der Waals surface area contributed by atoms with E-state index < -0.39 is 11.7 Å². The first-order valence-corrected chi connectivity index (χ1v) is 8.28. The van der Waals surface area contributed by atoms with E-state index in [9.17, 15) is 13.2 Å². The monoisotopic (exact) mass is 368 g/mol. The van der Waals surface area contributed by atoms with E-state index in [-0.39, 0.29) is 0 Å². The molecule has 2 rings (SSSR count). The van der Waals surface area contributed by atoms with Crippen molar-refractivity contribution in [2.75, 3.05) is 13.6 Å². The first-order valence-electron chi connectivity index (χ1n) is 7.90. The summed E-state index contributed by atoms with van der Waals surface area (Å²) in [5.74, 6) is 0. The van der Waals surface area contributed by atoms with E-state index >= 15 is 0 Å². The number of rotatable bonds is 5. The molecule has 0 saturated carbocycles. The molecule has 0 heterocycles. The summed E-state index contributed by atoms with van der Waals surface area (Å²) in [6, 6.07) is 8.99. The van der Waals surface area contributed by atoms with Crippen LogP contribution in [0, 0.1) is 6.92 Å². The predicted octanol–water partition coefficient (Wildman–Crippen LogP) is 5.87. The third-order valence-corrected chi connectivity index (χ3v) is 4.25. The highest BCUT2D eigenvalue weighted by Gasteiger charge is 2.30. The van der Waals surface area contributed by atoms with Gasteiger partial charge in [0.1, 0.15) is 0 Å². The molecule has 0 spiro atoms. The van der Waals surface area contributed by atoms with Crippen LogP contribution in [0.5, 0.6) is 0 Å². The second kappa shape index (κ2) is 7.91. The molecule has 6 heteroatoms. The molecular weight excluding hydrogens is 349 g/mol. The lowest BCUT2D eigenvalue weighted by molar-refractivity contribution is -0.137. The zero-order chi connectivity index (χ0) is 18.6. The number of nitrogens with zero attached hydrogens (tertiary/aromatic N) is 2. The largest absolute Gasteiger partial charge is 0.416 e. The molecule has 0 bridgehead atoms. The Labute approximate surface area is 150 Å². The lowest BCUT2D eigenvalue weighted by Gasteiger charge is -2.12. The van der Waals surface area contributed by atoms with Crippen molar-refractivity contribution in [2.45, 2.75) is 26.4 Å². The Hall–Kier alpha value is -2.01. The van der Waals surface area contributed by atoms with E-state index in [1.54, 1.807) is 18.5 Å². The minimum absolute atomic E-state index is 0.383. The molecule has 0 N–H and O–H groups in total. The minimum atomic E-state index is -4.34. The fourth-order valence-electron chi connectivity index (χ4n) is 2.32. The lowest BCUT2D eigenvalue weighted by Crippen LogP contribution is -2.14. The summed E-state index contributed by atoms with van der Waals surface area (Å²) in [4.78, 5) is 6.27. The molecule has 0 unspecified atom stereocenters. The van der Waals surface area contributed by atoms with Crippen molar-refractivity contribution in [3.8, 4) is 0 Å². The molecule has 2 aromatic carbocycles. The van der Waals surface area contributed by atoms with Gasteiger partial charge in [0.2, 0.25) is 0 Å². The van der Waals surface area contributed by atoms with Crippen LogP contribution in [-0.4, -0.2) is 24.8 Å². The third-order valence-electron chi connectivity index (χ3n) is 3.95. The van der Waals surface area contributed by atoms with Crippen LogP contribution in [0.25, 0.3) is 0 Å². The predicted molar refractivity (Wildman–Crippen MR) is 96.9 cm³/mol. The molecule has 0 aliphatic rings. The van der Waals surface area contributed by atoms with E-state index in [0.29, 0.717) is 22.7 Å². The Morgan fingerprint density at radius 3 is 2.56 bits per heavy atom. The van der Waals surface area contributed by atoms with Gasteiger partial charge in [0.25, 0.3) is 0 Å². The molecule has 0 amide bonds. The molecule has 0 fully saturated rings. The van der Waals surface area contributed by atoms with Gasteiger partial charge < -0.3 is 4.90 Å². The summed E-state index contributed by atoms with van der Waals surface area (Å²) in [6.45, 7) is 4.74. The second-order valence-electron chi connectivity index (χ2n) is 5.92. The Morgan fingerprint density at radius 2 is 1.92 bits per heavy atom. The maximum absolute atomic E-state index is 12.8. The summed E-state index contributed by atoms with van der Waals surface area (Å²) in [5, 5.41) is 0.480. The smallest absolute Gasteiger partial charge is 0.366 e. The van der Waals surface area contributed by atoms with Crippen LogP contribution in [-0.2, 0) is 12.6 Å². The Balaban J connectivity index is 2.27. The molecule has 2 aromatic rings. The van der Waals surface area contributed by atoms with Crippen LogP contribution in [0.2, 0.25) is 5.02 Å². The van der Waals surface area contributed by atoms with Crippen LogP contribution in [0.3, 0.4) is 0 Å². The summed E-state index contributed by atoms with van der Waals surface area (Å²) in [6.07, 6.45) is -2.26. The topological polar surface area (TPSA) is 15.6 Å². The molecular formula is C19H20ClF3N2. The van der Waals surface area contributed by atoms with Gasteiger partial charge in [-0.1, -0.05) is 29.8 Å². The van der Waals surface area contributed by atoms with Gasteiger partial charge >= 0.3 is 6.18 Å². The highest BCUT2D eigenvalue weighted by molar-refractivity contribution is 6.33. The molecule has 25 heavy (non-hydrogen) atoms. The maximum atomic E-state index is 12.8. The van der Waals surface area contributed by atoms with Gasteiger partial charge in [-0.2, -0.15) is 13.2 Å². The molecule has 0 aliphatic carbocycles. The Kier molecular flexibility index (Phi) is 6.11. The number of aryl methyl sites for hydroxylation is 1. The van der Waals surface area contributed by atoms with Crippen molar-refractivity contribution in [1.82, 2.24) is 4.90 Å². The third kappa shape index (κ3) is 5.23. The Morgan fingerprint density at radius 1 is 1.20 bits per heavy atom. The lowest BCUT2D eigenvalue weighted by atomic mass is 9.98. The van der Waals surface area contributed by atoms with Crippen LogP contribution >= 0.6 is 11.6 Å². The molecule has 0 atom stereocenters. The molecule has 2 nitrogen and oxygen atoms in total. The van der Waals surface area contributed by atoms with Crippen LogP contribution in [0.4, 0.5) is 18.9 Å². The summed E-state index contributed by atoms with van der Waals surface area (Å²) >= 11 is 6.29. The summed E-state index contributed by atoms with van der Waals surface area (Å²) in [5.41, 5.74) is 2.42. The van der Waals surface area contributed by atoms with Gasteiger partial charge in [0.05, 0.1) is 22.6 Å². The molecule has 0 aromatic heterocycles. The van der Waals surface area contributed by atoms with E-state index in [2.05, 4.69) is 4.99 Å². The number of benzene rings is 2. The first-order chi connectivity index (χ1) is 11.7. The summed E-state index contributed by atoms with van der Waals surface area (Å²) < 4.78 is 38.5. The van der Waals surface area contributed by atoms with Crippen LogP contribution in [0.15, 0.2) is 41.4 Å². The highest BCUT2D eigenvalue weighted by atomic mass is 35.5. The average molecular weight is 369 g/mol. The van der Waals surface area contributed by atoms with Crippen molar-refractivity contribution in [1.29, 1.82) is 0 Å². The Bertz CT molecular complexity index is 770. The SMILES string of the molecule is CCN(C)C=Nc1cc(C)c(Cc2cccc(C(F)(F)F)c2)cc1Cl. The number of hydrogen-bond acceptors (Lipinski definition) is 1. The standard InChI is InChI=1S/C19H20ClF3N2/c1-4-25(3)12-24-18-8-13(2)15(11-17(18)20)9-14-6-5-7-16(10-14)19(21,22)23/h5-8,10-12H,4,9H2,1-3H3. The zero-order valence-electron chi connectivity index (χ0n) is 14.4. The zero-order valence-corrected chi connectivity index (χ0v) is 15.1. The van der Waals surface area contributed by atoms with Crippen molar-refractivity contribution in [2.24, 2.45) is 4.99 Å². The van der Waals surface area contributed by atoms with Crippen molar-refractivity contribution >= 4 is 23.6 Å². The van der Waals surface area contributed by atoms with Crippen molar-refractivity contribution < 1.29 is 13.2 Å². The molecule has 0 saturated heterocycles. The van der Waals surface area contributed by atoms with Crippen LogP contribution in [0.1, 0.15) is 29.2 Å². The van der Waals surface area contributed by atoms with E-state index in [1.165, 1.54) is 12.1 Å². The number of alkyl halides is 3. The normalized spacial score (nSPS) is 12.0. The number of hydrogen-bond donors (Lipinski definition) is 0. The first kappa shape index (κ1) is 19.3. The minimum Gasteiger partial charge on any atom is -0.366 e. The van der Waals surface area contributed by atoms with Gasteiger partial charge in [0, 0.05) is 13.6 Å². The van der Waals surface area contributed by atoms with E-state index in [4.69, 9.17) is 11.6 Å². The van der Waals surface area contributed by atoms with Gasteiger partial charge in [0.15, 0.2) is 0 Å². The summed E-state index contributed by atoms with van der Waals surface area (Å²) in [7, 11) is 1.91. The van der Waals surface area contributed by atoms with Crippen LogP contribution < -0.4 is 0 Å². The van der Waals surface area contributed by atoms with E-state index in [1.807, 2.05) is 31.9 Å². The average Bonchev–Trinajstić information content (AvgIpc) is 2.55. The van der Waals surface area contributed by atoms with Gasteiger partial charge in [-0.05, 0) is 55.2 Å².